The Morgan fingerprint density at radius 2 is 1.78 bits per heavy atom. The molecule has 2 aromatic heterocycles. The van der Waals surface area contributed by atoms with Crippen LogP contribution in [0, 0.1) is 6.92 Å². The molecule has 2 fully saturated rings. The molecule has 1 saturated carbocycles. The van der Waals surface area contributed by atoms with Gasteiger partial charge >= 0.3 is 5.16 Å². The van der Waals surface area contributed by atoms with Crippen LogP contribution in [-0.4, -0.2) is 72.7 Å². The lowest BCUT2D eigenvalue weighted by Gasteiger charge is -2.36. The van der Waals surface area contributed by atoms with Crippen molar-refractivity contribution < 1.29 is 4.55 Å². The Kier molecular flexibility index (Phi) is 6.53. The average molecular weight is 460 g/mol. The van der Waals surface area contributed by atoms with E-state index in [2.05, 4.69) is 53.8 Å². The molecule has 32 heavy (non-hydrogen) atoms. The van der Waals surface area contributed by atoms with E-state index >= 15 is 0 Å². The Bertz CT molecular complexity index is 919. The van der Waals surface area contributed by atoms with Gasteiger partial charge in [0.25, 0.3) is 0 Å². The highest BCUT2D eigenvalue weighted by Gasteiger charge is 2.42. The fourth-order valence-electron chi connectivity index (χ4n) is 3.98. The zero-order chi connectivity index (χ0) is 23.1. The Balaban J connectivity index is 1.32. The highest BCUT2D eigenvalue weighted by atomic mass is 32.2. The summed E-state index contributed by atoms with van der Waals surface area (Å²) in [5, 5.41) is 8.64. The number of aromatic nitrogens is 5. The zero-order valence-electron chi connectivity index (χ0n) is 20.4. The molecule has 8 nitrogen and oxygen atoms in total. The average Bonchev–Trinajstić information content (AvgIpc) is 3.43. The van der Waals surface area contributed by atoms with Crippen molar-refractivity contribution in [3.8, 4) is 0 Å². The summed E-state index contributed by atoms with van der Waals surface area (Å²) in [5.74, 6) is 3.44. The molecule has 2 aliphatic rings. The van der Waals surface area contributed by atoms with E-state index < -0.39 is 11.2 Å². The molecule has 1 atom stereocenters. The number of piperazine rings is 1. The number of rotatable bonds is 7. The highest BCUT2D eigenvalue weighted by Crippen LogP contribution is 2.47. The van der Waals surface area contributed by atoms with E-state index in [-0.39, 0.29) is 10.8 Å². The van der Waals surface area contributed by atoms with Gasteiger partial charge in [0.2, 0.25) is 0 Å². The Hall–Kier alpha value is -1.71. The molecular weight excluding hydrogens is 422 g/mol. The summed E-state index contributed by atoms with van der Waals surface area (Å²) in [6.45, 7) is 15.6. The summed E-state index contributed by atoms with van der Waals surface area (Å²) in [6, 6.07) is 2.23. The molecule has 0 aromatic carbocycles. The van der Waals surface area contributed by atoms with Gasteiger partial charge in [-0.15, -0.1) is 5.10 Å². The van der Waals surface area contributed by atoms with Crippen molar-refractivity contribution in [1.82, 2.24) is 29.6 Å². The largest absolute Gasteiger partial charge is 0.609 e. The van der Waals surface area contributed by atoms with Gasteiger partial charge in [0.15, 0.2) is 0 Å². The summed E-state index contributed by atoms with van der Waals surface area (Å²) >= 11 is -1.10. The summed E-state index contributed by atoms with van der Waals surface area (Å²) in [6.07, 6.45) is 3.33. The first kappa shape index (κ1) is 23.4. The number of hydrogen-bond acceptors (Lipinski definition) is 7. The third-order valence-corrected chi connectivity index (χ3v) is 8.18. The molecule has 1 unspecified atom stereocenters. The van der Waals surface area contributed by atoms with Gasteiger partial charge in [-0.1, -0.05) is 32.8 Å². The van der Waals surface area contributed by atoms with Crippen LogP contribution in [0.5, 0.6) is 0 Å². The van der Waals surface area contributed by atoms with Crippen molar-refractivity contribution in [2.45, 2.75) is 69.9 Å². The minimum absolute atomic E-state index is 0.0608. The normalized spacial score (nSPS) is 19.9. The summed E-state index contributed by atoms with van der Waals surface area (Å²) in [7, 11) is 1.87. The SMILES string of the molecule is Cc1nnc([S+]([O-])CCCN2CCN(c3cc(C4(C)CC4)nc(C(C)(C)C)n3)CC2)n1C. The third-order valence-electron chi connectivity index (χ3n) is 6.76. The Labute approximate surface area is 195 Å². The smallest absolute Gasteiger partial charge is 0.343 e. The molecule has 0 N–H and O–H groups in total. The van der Waals surface area contributed by atoms with Gasteiger partial charge in [0, 0.05) is 74.3 Å². The fourth-order valence-corrected chi connectivity index (χ4v) is 5.13. The highest BCUT2D eigenvalue weighted by molar-refractivity contribution is 7.91. The predicted molar refractivity (Wildman–Crippen MR) is 128 cm³/mol. The molecule has 9 heteroatoms. The van der Waals surface area contributed by atoms with Gasteiger partial charge in [0.1, 0.15) is 23.2 Å². The maximum Gasteiger partial charge on any atom is 0.343 e. The fraction of sp³-hybridized carbons (Fsp3) is 0.739. The van der Waals surface area contributed by atoms with E-state index in [4.69, 9.17) is 9.97 Å². The van der Waals surface area contributed by atoms with Gasteiger partial charge in [0.05, 0.1) is 5.69 Å². The van der Waals surface area contributed by atoms with Crippen LogP contribution in [0.25, 0.3) is 0 Å². The van der Waals surface area contributed by atoms with Crippen LogP contribution < -0.4 is 4.90 Å². The van der Waals surface area contributed by atoms with Crippen molar-refractivity contribution in [3.63, 3.8) is 0 Å². The molecule has 2 aromatic rings. The number of hydrogen-bond donors (Lipinski definition) is 0. The molecule has 1 aliphatic carbocycles. The van der Waals surface area contributed by atoms with E-state index in [1.54, 1.807) is 0 Å². The van der Waals surface area contributed by atoms with Gasteiger partial charge < -0.3 is 9.45 Å². The monoisotopic (exact) mass is 459 g/mol. The van der Waals surface area contributed by atoms with Gasteiger partial charge in [-0.25, -0.2) is 9.97 Å². The molecule has 0 amide bonds. The van der Waals surface area contributed by atoms with Crippen LogP contribution in [0.4, 0.5) is 5.82 Å². The van der Waals surface area contributed by atoms with E-state index in [1.165, 1.54) is 18.5 Å². The molecule has 1 saturated heterocycles. The molecule has 176 valence electrons. The number of nitrogens with zero attached hydrogens (tertiary/aromatic N) is 7. The number of anilines is 1. The summed E-state index contributed by atoms with van der Waals surface area (Å²) in [4.78, 5) is 14.8. The Morgan fingerprint density at radius 1 is 1.09 bits per heavy atom. The van der Waals surface area contributed by atoms with Crippen molar-refractivity contribution in [2.75, 3.05) is 43.4 Å². The third kappa shape index (κ3) is 5.10. The van der Waals surface area contributed by atoms with Crippen LogP contribution in [0.2, 0.25) is 0 Å². The first-order chi connectivity index (χ1) is 15.1. The van der Waals surface area contributed by atoms with Gasteiger partial charge in [-0.3, -0.25) is 9.47 Å². The van der Waals surface area contributed by atoms with Crippen LogP contribution in [0.3, 0.4) is 0 Å². The molecule has 0 bridgehead atoms. The summed E-state index contributed by atoms with van der Waals surface area (Å²) in [5.41, 5.74) is 1.38. The quantitative estimate of drug-likeness (QED) is 0.588. The molecule has 1 aliphatic heterocycles. The van der Waals surface area contributed by atoms with Crippen molar-refractivity contribution in [2.24, 2.45) is 7.05 Å². The van der Waals surface area contributed by atoms with Gasteiger partial charge in [-0.05, 0) is 19.8 Å². The molecular formula is C23H37N7OS. The molecule has 3 heterocycles. The minimum atomic E-state index is -1.10. The lowest BCUT2D eigenvalue weighted by molar-refractivity contribution is 0.258. The Morgan fingerprint density at radius 3 is 2.34 bits per heavy atom. The van der Waals surface area contributed by atoms with E-state index in [0.29, 0.717) is 10.9 Å². The van der Waals surface area contributed by atoms with Gasteiger partial charge in [-0.2, -0.15) is 0 Å². The van der Waals surface area contributed by atoms with Crippen molar-refractivity contribution in [3.05, 3.63) is 23.4 Å². The number of aryl methyl sites for hydroxylation is 1. The first-order valence-corrected chi connectivity index (χ1v) is 13.0. The van der Waals surface area contributed by atoms with Crippen LogP contribution in [0.15, 0.2) is 11.2 Å². The maximum atomic E-state index is 12.5. The second-order valence-corrected chi connectivity index (χ2v) is 12.0. The second-order valence-electron chi connectivity index (χ2n) is 10.6. The zero-order valence-corrected chi connectivity index (χ0v) is 21.2. The van der Waals surface area contributed by atoms with Crippen molar-refractivity contribution in [1.29, 1.82) is 0 Å². The predicted octanol–water partition coefficient (Wildman–Crippen LogP) is 2.58. The van der Waals surface area contributed by atoms with E-state index in [1.807, 2.05) is 18.5 Å². The molecule has 4 rings (SSSR count). The molecule has 0 radical (unpaired) electrons. The second kappa shape index (κ2) is 8.91. The standard InChI is InChI=1S/C23H37N7OS/c1-17-26-27-21(28(17)6)32(31)15-7-10-29-11-13-30(14-12-29)19-16-18(23(5)8-9-23)24-20(25-19)22(2,3)4/h16H,7-15H2,1-6H3. The van der Waals surface area contributed by atoms with E-state index in [0.717, 1.165) is 56.6 Å². The first-order valence-electron chi connectivity index (χ1n) is 11.7. The molecule has 0 spiro atoms. The minimum Gasteiger partial charge on any atom is -0.609 e. The van der Waals surface area contributed by atoms with Crippen LogP contribution in [-0.2, 0) is 29.1 Å². The summed E-state index contributed by atoms with van der Waals surface area (Å²) < 4.78 is 14.4. The van der Waals surface area contributed by atoms with Crippen molar-refractivity contribution >= 4 is 17.0 Å². The van der Waals surface area contributed by atoms with E-state index in [9.17, 15) is 4.55 Å². The van der Waals surface area contributed by atoms with Crippen LogP contribution >= 0.6 is 0 Å². The maximum absolute atomic E-state index is 12.5. The van der Waals surface area contributed by atoms with Crippen LogP contribution in [0.1, 0.15) is 64.3 Å². The topological polar surface area (TPSA) is 86.0 Å². The lowest BCUT2D eigenvalue weighted by Crippen LogP contribution is -2.47. The lowest BCUT2D eigenvalue weighted by atomic mass is 9.94.